The van der Waals surface area contributed by atoms with E-state index >= 15 is 0 Å². The van der Waals surface area contributed by atoms with Crippen molar-refractivity contribution in [3.63, 3.8) is 0 Å². The van der Waals surface area contributed by atoms with E-state index in [1.54, 1.807) is 42.5 Å². The SMILES string of the molecule is COc1cc(/C=N/NC(=O)/C(=C/c2cccs2)NC(=O)c2ccccc2)cc([N+](=O)[O-])c1O. The minimum absolute atomic E-state index is 0.0438. The molecule has 11 heteroatoms. The third-order valence-corrected chi connectivity index (χ3v) is 5.05. The van der Waals surface area contributed by atoms with Gasteiger partial charge in [0.2, 0.25) is 5.75 Å². The van der Waals surface area contributed by atoms with Crippen LogP contribution in [0.15, 0.2) is 70.8 Å². The highest BCUT2D eigenvalue weighted by Crippen LogP contribution is 2.36. The zero-order valence-corrected chi connectivity index (χ0v) is 18.0. The van der Waals surface area contributed by atoms with E-state index < -0.39 is 28.2 Å². The fourth-order valence-corrected chi connectivity index (χ4v) is 3.32. The minimum Gasteiger partial charge on any atom is -0.500 e. The number of nitro groups is 1. The highest BCUT2D eigenvalue weighted by atomic mass is 32.1. The number of phenols is 1. The van der Waals surface area contributed by atoms with Crippen LogP contribution in [-0.2, 0) is 4.79 Å². The number of carbonyl (C=O) groups excluding carboxylic acids is 2. The molecule has 0 fully saturated rings. The van der Waals surface area contributed by atoms with Crippen LogP contribution < -0.4 is 15.5 Å². The summed E-state index contributed by atoms with van der Waals surface area (Å²) in [6, 6.07) is 14.4. The first-order valence-corrected chi connectivity index (χ1v) is 10.3. The van der Waals surface area contributed by atoms with E-state index in [0.29, 0.717) is 5.56 Å². The molecule has 1 heterocycles. The zero-order chi connectivity index (χ0) is 23.8. The van der Waals surface area contributed by atoms with Crippen LogP contribution in [-0.4, -0.2) is 35.2 Å². The summed E-state index contributed by atoms with van der Waals surface area (Å²) in [5.74, 6) is -1.92. The Bertz CT molecular complexity index is 1220. The van der Waals surface area contributed by atoms with Gasteiger partial charge in [0.05, 0.1) is 18.2 Å². The lowest BCUT2D eigenvalue weighted by Crippen LogP contribution is -2.32. The summed E-state index contributed by atoms with van der Waals surface area (Å²) in [5.41, 5.74) is 2.24. The third kappa shape index (κ3) is 6.02. The van der Waals surface area contributed by atoms with Crippen molar-refractivity contribution in [1.29, 1.82) is 0 Å². The van der Waals surface area contributed by atoms with Crippen LogP contribution in [0.2, 0.25) is 0 Å². The largest absolute Gasteiger partial charge is 0.500 e. The van der Waals surface area contributed by atoms with Crippen molar-refractivity contribution in [2.75, 3.05) is 7.11 Å². The number of rotatable bonds is 8. The fraction of sp³-hybridized carbons (Fsp3) is 0.0455. The highest BCUT2D eigenvalue weighted by molar-refractivity contribution is 7.10. The number of aromatic hydroxyl groups is 1. The Morgan fingerprint density at radius 2 is 1.94 bits per heavy atom. The molecule has 33 heavy (non-hydrogen) atoms. The van der Waals surface area contributed by atoms with E-state index in [9.17, 15) is 24.8 Å². The molecule has 0 spiro atoms. The average Bonchev–Trinajstić information content (AvgIpc) is 3.33. The van der Waals surface area contributed by atoms with Gasteiger partial charge in [-0.05, 0) is 35.7 Å². The molecule has 0 radical (unpaired) electrons. The fourth-order valence-electron chi connectivity index (χ4n) is 2.67. The van der Waals surface area contributed by atoms with Gasteiger partial charge in [-0.3, -0.25) is 19.7 Å². The Balaban J connectivity index is 1.80. The number of nitro benzene ring substituents is 1. The number of benzene rings is 2. The van der Waals surface area contributed by atoms with Crippen molar-refractivity contribution in [3.05, 3.63) is 91.8 Å². The first kappa shape index (κ1) is 23.2. The van der Waals surface area contributed by atoms with Crippen molar-refractivity contribution >= 4 is 41.1 Å². The molecule has 0 aliphatic rings. The van der Waals surface area contributed by atoms with Crippen LogP contribution in [0.25, 0.3) is 6.08 Å². The summed E-state index contributed by atoms with van der Waals surface area (Å²) < 4.78 is 4.93. The molecule has 2 aromatic carbocycles. The van der Waals surface area contributed by atoms with Crippen LogP contribution in [0.4, 0.5) is 5.69 Å². The maximum atomic E-state index is 12.7. The molecule has 0 atom stereocenters. The molecule has 3 aromatic rings. The summed E-state index contributed by atoms with van der Waals surface area (Å²) >= 11 is 1.37. The number of hydrazone groups is 1. The van der Waals surface area contributed by atoms with Gasteiger partial charge in [-0.15, -0.1) is 11.3 Å². The number of nitrogens with zero attached hydrogens (tertiary/aromatic N) is 2. The molecule has 0 bridgehead atoms. The molecule has 0 aliphatic heterocycles. The van der Waals surface area contributed by atoms with Crippen LogP contribution in [0.1, 0.15) is 20.8 Å². The number of ether oxygens (including phenoxy) is 1. The number of methoxy groups -OCH3 is 1. The van der Waals surface area contributed by atoms with E-state index in [2.05, 4.69) is 15.8 Å². The molecular formula is C22H18N4O6S. The van der Waals surface area contributed by atoms with Crippen molar-refractivity contribution < 1.29 is 24.4 Å². The first-order valence-electron chi connectivity index (χ1n) is 9.39. The Morgan fingerprint density at radius 3 is 2.58 bits per heavy atom. The van der Waals surface area contributed by atoms with Gasteiger partial charge in [-0.1, -0.05) is 24.3 Å². The van der Waals surface area contributed by atoms with Gasteiger partial charge in [0, 0.05) is 22.1 Å². The lowest BCUT2D eigenvalue weighted by atomic mass is 10.2. The van der Waals surface area contributed by atoms with E-state index in [4.69, 9.17) is 4.74 Å². The summed E-state index contributed by atoms with van der Waals surface area (Å²) in [6.45, 7) is 0. The zero-order valence-electron chi connectivity index (χ0n) is 17.2. The Morgan fingerprint density at radius 1 is 1.18 bits per heavy atom. The van der Waals surface area contributed by atoms with Crippen LogP contribution in [0, 0.1) is 10.1 Å². The van der Waals surface area contributed by atoms with Gasteiger partial charge >= 0.3 is 5.69 Å². The number of nitrogens with one attached hydrogen (secondary N) is 2. The monoisotopic (exact) mass is 466 g/mol. The topological polar surface area (TPSA) is 143 Å². The Kier molecular flexibility index (Phi) is 7.50. The molecule has 0 aliphatic carbocycles. The summed E-state index contributed by atoms with van der Waals surface area (Å²) in [5, 5.41) is 29.2. The molecule has 1 aromatic heterocycles. The van der Waals surface area contributed by atoms with Crippen LogP contribution in [0.3, 0.4) is 0 Å². The maximum Gasteiger partial charge on any atom is 0.315 e. The molecule has 168 valence electrons. The van der Waals surface area contributed by atoms with E-state index in [0.717, 1.165) is 17.2 Å². The van der Waals surface area contributed by atoms with Crippen LogP contribution >= 0.6 is 11.3 Å². The lowest BCUT2D eigenvalue weighted by Gasteiger charge is -2.09. The smallest absolute Gasteiger partial charge is 0.315 e. The standard InChI is InChI=1S/C22H18N4O6S/c1-32-19-11-14(10-18(20(19)27)26(30)31)13-23-25-22(29)17(12-16-8-5-9-33-16)24-21(28)15-6-3-2-4-7-15/h2-13,27H,1H3,(H,24,28)(H,25,29)/b17-12-,23-13+. The molecule has 3 N–H and O–H groups in total. The van der Waals surface area contributed by atoms with E-state index in [1.807, 2.05) is 5.38 Å². The number of amides is 2. The van der Waals surface area contributed by atoms with Crippen molar-refractivity contribution in [3.8, 4) is 11.5 Å². The highest BCUT2D eigenvalue weighted by Gasteiger charge is 2.19. The number of thiophene rings is 1. The van der Waals surface area contributed by atoms with Crippen molar-refractivity contribution in [1.82, 2.24) is 10.7 Å². The maximum absolute atomic E-state index is 12.7. The third-order valence-electron chi connectivity index (χ3n) is 4.23. The predicted octanol–water partition coefficient (Wildman–Crippen LogP) is 3.29. The normalized spacial score (nSPS) is 11.2. The van der Waals surface area contributed by atoms with Crippen molar-refractivity contribution in [2.24, 2.45) is 5.10 Å². The molecule has 10 nitrogen and oxygen atoms in total. The quantitative estimate of drug-likeness (QED) is 0.201. The summed E-state index contributed by atoms with van der Waals surface area (Å²) in [6.07, 6.45) is 2.65. The van der Waals surface area contributed by atoms with Gasteiger partial charge in [-0.2, -0.15) is 5.10 Å². The number of hydrogen-bond acceptors (Lipinski definition) is 8. The Hall–Kier alpha value is -4.51. The molecule has 0 saturated carbocycles. The second kappa shape index (κ2) is 10.7. The molecular weight excluding hydrogens is 448 g/mol. The lowest BCUT2D eigenvalue weighted by molar-refractivity contribution is -0.386. The van der Waals surface area contributed by atoms with Gasteiger partial charge in [0.1, 0.15) is 5.70 Å². The van der Waals surface area contributed by atoms with Crippen LogP contribution in [0.5, 0.6) is 11.5 Å². The predicted molar refractivity (Wildman–Crippen MR) is 123 cm³/mol. The van der Waals surface area contributed by atoms with E-state index in [-0.39, 0.29) is 17.0 Å². The van der Waals surface area contributed by atoms with Gasteiger partial charge in [0.25, 0.3) is 11.8 Å². The number of phenolic OH excluding ortho intramolecular Hbond substituents is 1. The number of hydrogen-bond donors (Lipinski definition) is 3. The van der Waals surface area contributed by atoms with Gasteiger partial charge in [0.15, 0.2) is 5.75 Å². The molecule has 0 unspecified atom stereocenters. The summed E-state index contributed by atoms with van der Waals surface area (Å²) in [7, 11) is 1.25. The Labute approximate surface area is 192 Å². The molecule has 2 amide bonds. The molecule has 0 saturated heterocycles. The second-order valence-electron chi connectivity index (χ2n) is 6.44. The van der Waals surface area contributed by atoms with Crippen molar-refractivity contribution in [2.45, 2.75) is 0 Å². The first-order chi connectivity index (χ1) is 15.9. The average molecular weight is 466 g/mol. The van der Waals surface area contributed by atoms with E-state index in [1.165, 1.54) is 30.6 Å². The van der Waals surface area contributed by atoms with Gasteiger partial charge in [-0.25, -0.2) is 5.43 Å². The van der Waals surface area contributed by atoms with Gasteiger partial charge < -0.3 is 15.2 Å². The minimum atomic E-state index is -0.769. The summed E-state index contributed by atoms with van der Waals surface area (Å²) in [4.78, 5) is 36.3. The second-order valence-corrected chi connectivity index (χ2v) is 7.42. The molecule has 3 rings (SSSR count). The number of carbonyl (C=O) groups is 2.